The zero-order valence-corrected chi connectivity index (χ0v) is 8.36. The van der Waals surface area contributed by atoms with Crippen molar-refractivity contribution in [3.05, 3.63) is 23.8 Å². The predicted octanol–water partition coefficient (Wildman–Crippen LogP) is 0.767. The molecule has 1 unspecified atom stereocenters. The Morgan fingerprint density at radius 2 is 2.33 bits per heavy atom. The van der Waals surface area contributed by atoms with E-state index in [1.165, 1.54) is 6.07 Å². The first kappa shape index (κ1) is 9.98. The lowest BCUT2D eigenvalue weighted by Crippen LogP contribution is -2.19. The van der Waals surface area contributed by atoms with Crippen LogP contribution in [0.2, 0.25) is 0 Å². The second-order valence-corrected chi connectivity index (χ2v) is 3.79. The van der Waals surface area contributed by atoms with Gasteiger partial charge in [0.05, 0.1) is 5.69 Å². The fourth-order valence-electron chi connectivity index (χ4n) is 1.87. The van der Waals surface area contributed by atoms with Crippen LogP contribution in [0, 0.1) is 5.92 Å². The number of aromatic hydroxyl groups is 1. The van der Waals surface area contributed by atoms with Gasteiger partial charge in [-0.15, -0.1) is 0 Å². The van der Waals surface area contributed by atoms with Gasteiger partial charge in [0.2, 0.25) is 0 Å². The predicted molar refractivity (Wildman–Crippen MR) is 57.8 cm³/mol. The number of carbonyl (C=O) groups excluding carboxylic acids is 1. The lowest BCUT2D eigenvalue weighted by Gasteiger charge is -2.10. The summed E-state index contributed by atoms with van der Waals surface area (Å²) in [5, 5.41) is 12.5. The summed E-state index contributed by atoms with van der Waals surface area (Å²) in [5.74, 6) is -0.00527. The number of para-hydroxylation sites is 1. The highest BCUT2D eigenvalue weighted by atomic mass is 16.3. The van der Waals surface area contributed by atoms with Gasteiger partial charge in [0.1, 0.15) is 5.75 Å². The molecular formula is C11H14N2O2. The summed E-state index contributed by atoms with van der Waals surface area (Å²) in [7, 11) is 0. The van der Waals surface area contributed by atoms with Crippen LogP contribution in [0.5, 0.6) is 5.75 Å². The number of phenolic OH excluding ortho intramolecular Hbond substituents is 1. The Bertz CT molecular complexity index is 384. The molecule has 0 radical (unpaired) electrons. The van der Waals surface area contributed by atoms with Crippen molar-refractivity contribution in [2.24, 2.45) is 5.92 Å². The first-order chi connectivity index (χ1) is 7.20. The third kappa shape index (κ3) is 1.80. The van der Waals surface area contributed by atoms with Crippen LogP contribution in [0.4, 0.5) is 5.69 Å². The molecule has 15 heavy (non-hydrogen) atoms. The van der Waals surface area contributed by atoms with E-state index in [1.54, 1.807) is 12.1 Å². The number of Topliss-reactive ketones (excluding diaryl/α,β-unsaturated/α-hetero) is 1. The molecule has 0 aromatic heterocycles. The van der Waals surface area contributed by atoms with Gasteiger partial charge < -0.3 is 16.2 Å². The number of anilines is 1. The van der Waals surface area contributed by atoms with Crippen molar-refractivity contribution in [1.82, 2.24) is 5.32 Å². The van der Waals surface area contributed by atoms with Crippen molar-refractivity contribution in [2.75, 3.05) is 18.8 Å². The Labute approximate surface area is 88.1 Å². The third-order valence-electron chi connectivity index (χ3n) is 2.78. The average Bonchev–Trinajstić information content (AvgIpc) is 2.74. The first-order valence-electron chi connectivity index (χ1n) is 5.02. The number of hydrogen-bond donors (Lipinski definition) is 3. The van der Waals surface area contributed by atoms with E-state index >= 15 is 0 Å². The molecule has 80 valence electrons. The van der Waals surface area contributed by atoms with Crippen molar-refractivity contribution in [1.29, 1.82) is 0 Å². The monoisotopic (exact) mass is 206 g/mol. The molecular weight excluding hydrogens is 192 g/mol. The number of hydrogen-bond acceptors (Lipinski definition) is 4. The van der Waals surface area contributed by atoms with E-state index in [1.807, 2.05) is 0 Å². The van der Waals surface area contributed by atoms with Crippen LogP contribution in [0.15, 0.2) is 18.2 Å². The minimum absolute atomic E-state index is 0.00546. The molecule has 4 nitrogen and oxygen atoms in total. The van der Waals surface area contributed by atoms with Crippen molar-refractivity contribution >= 4 is 11.5 Å². The number of carbonyl (C=O) groups is 1. The van der Waals surface area contributed by atoms with Crippen LogP contribution in [0.3, 0.4) is 0 Å². The molecule has 1 atom stereocenters. The van der Waals surface area contributed by atoms with E-state index in [2.05, 4.69) is 5.32 Å². The molecule has 1 fully saturated rings. The zero-order chi connectivity index (χ0) is 10.8. The van der Waals surface area contributed by atoms with Crippen LogP contribution in [0.25, 0.3) is 0 Å². The highest BCUT2D eigenvalue weighted by Gasteiger charge is 2.25. The van der Waals surface area contributed by atoms with Gasteiger partial charge >= 0.3 is 0 Å². The summed E-state index contributed by atoms with van der Waals surface area (Å²) >= 11 is 0. The van der Waals surface area contributed by atoms with Gasteiger partial charge in [-0.1, -0.05) is 6.07 Å². The molecule has 1 aromatic carbocycles. The van der Waals surface area contributed by atoms with Gasteiger partial charge in [-0.05, 0) is 25.1 Å². The summed E-state index contributed by atoms with van der Waals surface area (Å²) in [6, 6.07) is 4.79. The summed E-state index contributed by atoms with van der Waals surface area (Å²) in [6.07, 6.45) is 0.841. The maximum absolute atomic E-state index is 12.0. The molecule has 1 aromatic rings. The van der Waals surface area contributed by atoms with Crippen molar-refractivity contribution in [2.45, 2.75) is 6.42 Å². The number of rotatable bonds is 2. The molecule has 1 heterocycles. The highest BCUT2D eigenvalue weighted by molar-refractivity contribution is 6.03. The van der Waals surface area contributed by atoms with Crippen LogP contribution in [-0.2, 0) is 0 Å². The largest absolute Gasteiger partial charge is 0.506 e. The molecule has 0 spiro atoms. The Hall–Kier alpha value is -1.55. The minimum atomic E-state index is -0.0215. The van der Waals surface area contributed by atoms with Gasteiger partial charge in [-0.2, -0.15) is 0 Å². The highest BCUT2D eigenvalue weighted by Crippen LogP contribution is 2.26. The summed E-state index contributed by atoms with van der Waals surface area (Å²) in [4.78, 5) is 12.0. The molecule has 0 aliphatic carbocycles. The molecule has 1 saturated heterocycles. The normalized spacial score (nSPS) is 20.4. The Morgan fingerprint density at radius 3 is 3.00 bits per heavy atom. The van der Waals surface area contributed by atoms with Crippen molar-refractivity contribution < 1.29 is 9.90 Å². The van der Waals surface area contributed by atoms with E-state index < -0.39 is 0 Å². The van der Waals surface area contributed by atoms with Gasteiger partial charge in [-0.25, -0.2) is 0 Å². The van der Waals surface area contributed by atoms with Gasteiger partial charge in [0.15, 0.2) is 5.78 Å². The van der Waals surface area contributed by atoms with E-state index in [9.17, 15) is 9.90 Å². The maximum Gasteiger partial charge on any atom is 0.169 e. The molecule has 0 bridgehead atoms. The van der Waals surface area contributed by atoms with Gasteiger partial charge in [0, 0.05) is 18.0 Å². The molecule has 4 heteroatoms. The number of nitrogen functional groups attached to an aromatic ring is 1. The van der Waals surface area contributed by atoms with Crippen molar-refractivity contribution in [3.63, 3.8) is 0 Å². The second-order valence-electron chi connectivity index (χ2n) is 3.79. The number of nitrogens with one attached hydrogen (secondary N) is 1. The molecule has 2 rings (SSSR count). The van der Waals surface area contributed by atoms with Gasteiger partial charge in [0.25, 0.3) is 0 Å². The number of nitrogens with two attached hydrogens (primary N) is 1. The Kier molecular flexibility index (Phi) is 2.60. The fourth-order valence-corrected chi connectivity index (χ4v) is 1.87. The van der Waals surface area contributed by atoms with E-state index in [0.717, 1.165) is 13.0 Å². The lowest BCUT2D eigenvalue weighted by molar-refractivity contribution is 0.0931. The quantitative estimate of drug-likeness (QED) is 0.379. The zero-order valence-electron chi connectivity index (χ0n) is 8.36. The van der Waals surface area contributed by atoms with Crippen LogP contribution >= 0.6 is 0 Å². The molecule has 1 aliphatic heterocycles. The summed E-state index contributed by atoms with van der Waals surface area (Å²) in [6.45, 7) is 1.57. The Morgan fingerprint density at radius 1 is 1.53 bits per heavy atom. The van der Waals surface area contributed by atoms with Crippen LogP contribution < -0.4 is 11.1 Å². The summed E-state index contributed by atoms with van der Waals surface area (Å²) in [5.41, 5.74) is 6.28. The average molecular weight is 206 g/mol. The minimum Gasteiger partial charge on any atom is -0.506 e. The molecule has 4 N–H and O–H groups in total. The molecule has 0 amide bonds. The number of ketones is 1. The maximum atomic E-state index is 12.0. The standard InChI is InChI=1S/C11H14N2O2/c12-10-8(2-1-3-9(10)14)11(15)7-4-5-13-6-7/h1-3,7,13-14H,4-6,12H2. The fraction of sp³-hybridized carbons (Fsp3) is 0.364. The SMILES string of the molecule is Nc1c(O)cccc1C(=O)C1CCNC1. The summed E-state index contributed by atoms with van der Waals surface area (Å²) < 4.78 is 0. The number of phenols is 1. The van der Waals surface area contributed by atoms with Gasteiger partial charge in [-0.3, -0.25) is 4.79 Å². The smallest absolute Gasteiger partial charge is 0.169 e. The van der Waals surface area contributed by atoms with E-state index in [-0.39, 0.29) is 23.1 Å². The first-order valence-corrected chi connectivity index (χ1v) is 5.02. The molecule has 0 saturated carbocycles. The second kappa shape index (κ2) is 3.90. The topological polar surface area (TPSA) is 75.3 Å². The lowest BCUT2D eigenvalue weighted by atomic mass is 9.95. The van der Waals surface area contributed by atoms with E-state index in [0.29, 0.717) is 12.1 Å². The van der Waals surface area contributed by atoms with Crippen LogP contribution in [-0.4, -0.2) is 24.0 Å². The number of benzene rings is 1. The third-order valence-corrected chi connectivity index (χ3v) is 2.78. The van der Waals surface area contributed by atoms with Crippen LogP contribution in [0.1, 0.15) is 16.8 Å². The Balaban J connectivity index is 2.28. The molecule has 1 aliphatic rings. The van der Waals surface area contributed by atoms with Crippen molar-refractivity contribution in [3.8, 4) is 5.75 Å². The van der Waals surface area contributed by atoms with E-state index in [4.69, 9.17) is 5.73 Å².